The van der Waals surface area contributed by atoms with Crippen LogP contribution in [0.4, 0.5) is 0 Å². The van der Waals surface area contributed by atoms with Crippen LogP contribution in [0.25, 0.3) is 0 Å². The minimum Gasteiger partial charge on any atom is -0.340 e. The van der Waals surface area contributed by atoms with Crippen molar-refractivity contribution in [2.24, 2.45) is 0 Å². The molecule has 2 aliphatic rings. The second-order valence-electron chi connectivity index (χ2n) is 6.41. The highest BCUT2D eigenvalue weighted by atomic mass is 16.2. The molecule has 1 heterocycles. The lowest BCUT2D eigenvalue weighted by Crippen LogP contribution is -2.76. The van der Waals surface area contributed by atoms with Crippen LogP contribution in [0.2, 0.25) is 0 Å². The van der Waals surface area contributed by atoms with Crippen molar-refractivity contribution in [2.45, 2.75) is 89.8 Å². The van der Waals surface area contributed by atoms with E-state index in [9.17, 15) is 9.59 Å². The molecular weight excluding hydrogens is 252 g/mol. The van der Waals surface area contributed by atoms with Crippen molar-refractivity contribution in [2.75, 3.05) is 0 Å². The molecule has 1 aliphatic carbocycles. The minimum absolute atomic E-state index is 0.0595. The van der Waals surface area contributed by atoms with Crippen LogP contribution in [0.5, 0.6) is 0 Å². The third-order valence-corrected chi connectivity index (χ3v) is 5.52. The van der Waals surface area contributed by atoms with Gasteiger partial charge in [0.2, 0.25) is 11.8 Å². The molecule has 2 rings (SSSR count). The second kappa shape index (κ2) is 5.38. The minimum atomic E-state index is -0.652. The van der Waals surface area contributed by atoms with Gasteiger partial charge < -0.3 is 10.2 Å². The van der Waals surface area contributed by atoms with Gasteiger partial charge in [0, 0.05) is 6.04 Å². The molecule has 1 saturated heterocycles. The molecule has 114 valence electrons. The molecule has 4 nitrogen and oxygen atoms in total. The normalized spacial score (nSPS) is 25.9. The molecule has 0 radical (unpaired) electrons. The lowest BCUT2D eigenvalue weighted by Gasteiger charge is -2.53. The van der Waals surface area contributed by atoms with E-state index in [1.54, 1.807) is 0 Å². The topological polar surface area (TPSA) is 49.4 Å². The van der Waals surface area contributed by atoms with Crippen LogP contribution in [0.3, 0.4) is 0 Å². The fraction of sp³-hybridized carbons (Fsp3) is 0.875. The summed E-state index contributed by atoms with van der Waals surface area (Å²) in [5, 5.41) is 3.11. The Balaban J connectivity index is 2.46. The van der Waals surface area contributed by atoms with E-state index in [-0.39, 0.29) is 17.9 Å². The van der Waals surface area contributed by atoms with Crippen LogP contribution in [-0.4, -0.2) is 33.8 Å². The van der Waals surface area contributed by atoms with Crippen LogP contribution in [0, 0.1) is 0 Å². The van der Waals surface area contributed by atoms with Gasteiger partial charge in [-0.2, -0.15) is 0 Å². The van der Waals surface area contributed by atoms with Crippen molar-refractivity contribution in [3.05, 3.63) is 0 Å². The molecule has 1 unspecified atom stereocenters. The fourth-order valence-corrected chi connectivity index (χ4v) is 3.96. The molecule has 0 aromatic carbocycles. The van der Waals surface area contributed by atoms with Crippen molar-refractivity contribution < 1.29 is 9.59 Å². The third-order valence-electron chi connectivity index (χ3n) is 5.52. The summed E-state index contributed by atoms with van der Waals surface area (Å²) in [5.41, 5.74) is -1.26. The van der Waals surface area contributed by atoms with E-state index in [2.05, 4.69) is 19.2 Å². The van der Waals surface area contributed by atoms with Gasteiger partial charge in [0.1, 0.15) is 11.1 Å². The van der Waals surface area contributed by atoms with Crippen LogP contribution in [0.1, 0.15) is 72.6 Å². The quantitative estimate of drug-likeness (QED) is 0.860. The molecule has 20 heavy (non-hydrogen) atoms. The SMILES string of the molecule is CCC(C)N1C(=O)C2(CCCC2)NC(=O)C1(CC)CC. The number of carbonyl (C=O) groups is 2. The lowest BCUT2D eigenvalue weighted by molar-refractivity contribution is -0.167. The lowest BCUT2D eigenvalue weighted by atomic mass is 9.79. The standard InChI is InChI=1S/C16H28N2O2/c1-5-12(4)18-14(20)15(10-8-9-11-15)17-13(19)16(18,6-2)7-3/h12H,5-11H2,1-4H3,(H,17,19). The molecule has 0 aromatic rings. The van der Waals surface area contributed by atoms with Gasteiger partial charge in [-0.05, 0) is 39.0 Å². The molecule has 1 spiro atoms. The Kier molecular flexibility index (Phi) is 4.12. The van der Waals surface area contributed by atoms with Crippen molar-refractivity contribution in [3.8, 4) is 0 Å². The highest BCUT2D eigenvalue weighted by Gasteiger charge is 2.58. The largest absolute Gasteiger partial charge is 0.340 e. The van der Waals surface area contributed by atoms with Crippen LogP contribution < -0.4 is 5.32 Å². The molecule has 4 heteroatoms. The highest BCUT2D eigenvalue weighted by Crippen LogP contribution is 2.41. The van der Waals surface area contributed by atoms with E-state index in [4.69, 9.17) is 0 Å². The molecule has 2 amide bonds. The molecule has 1 atom stereocenters. The van der Waals surface area contributed by atoms with Crippen LogP contribution in [0.15, 0.2) is 0 Å². The van der Waals surface area contributed by atoms with E-state index in [0.29, 0.717) is 12.8 Å². The van der Waals surface area contributed by atoms with Crippen molar-refractivity contribution in [1.82, 2.24) is 10.2 Å². The second-order valence-corrected chi connectivity index (χ2v) is 6.41. The number of piperazine rings is 1. The number of hydrogen-bond donors (Lipinski definition) is 1. The monoisotopic (exact) mass is 280 g/mol. The number of amides is 2. The average molecular weight is 280 g/mol. The Morgan fingerprint density at radius 2 is 1.70 bits per heavy atom. The molecular formula is C16H28N2O2. The predicted molar refractivity (Wildman–Crippen MR) is 79.3 cm³/mol. The molecule has 0 bridgehead atoms. The number of rotatable bonds is 4. The zero-order valence-electron chi connectivity index (χ0n) is 13.3. The first kappa shape index (κ1) is 15.3. The summed E-state index contributed by atoms with van der Waals surface area (Å²) >= 11 is 0. The van der Waals surface area contributed by atoms with Gasteiger partial charge in [0.15, 0.2) is 0 Å². The van der Waals surface area contributed by atoms with Crippen LogP contribution >= 0.6 is 0 Å². The summed E-state index contributed by atoms with van der Waals surface area (Å²) in [6.07, 6.45) is 5.92. The Morgan fingerprint density at radius 1 is 1.15 bits per heavy atom. The summed E-state index contributed by atoms with van der Waals surface area (Å²) < 4.78 is 0. The zero-order chi connectivity index (χ0) is 15.0. The van der Waals surface area contributed by atoms with Crippen LogP contribution in [-0.2, 0) is 9.59 Å². The van der Waals surface area contributed by atoms with Crippen molar-refractivity contribution in [3.63, 3.8) is 0 Å². The van der Waals surface area contributed by atoms with E-state index in [0.717, 1.165) is 32.1 Å². The Labute approximate surface area is 122 Å². The Hall–Kier alpha value is -1.06. The van der Waals surface area contributed by atoms with Gasteiger partial charge in [-0.3, -0.25) is 9.59 Å². The maximum Gasteiger partial charge on any atom is 0.249 e. The summed E-state index contributed by atoms with van der Waals surface area (Å²) in [6.45, 7) is 8.18. The molecule has 1 N–H and O–H groups in total. The van der Waals surface area contributed by atoms with Gasteiger partial charge in [-0.25, -0.2) is 0 Å². The van der Waals surface area contributed by atoms with E-state index < -0.39 is 11.1 Å². The maximum atomic E-state index is 13.1. The van der Waals surface area contributed by atoms with E-state index in [1.165, 1.54) is 0 Å². The maximum absolute atomic E-state index is 13.1. The summed E-state index contributed by atoms with van der Waals surface area (Å²) in [7, 11) is 0. The number of nitrogens with zero attached hydrogens (tertiary/aromatic N) is 1. The van der Waals surface area contributed by atoms with Crippen molar-refractivity contribution in [1.29, 1.82) is 0 Å². The summed E-state index contributed by atoms with van der Waals surface area (Å²) in [6, 6.07) is 0.117. The number of hydrogen-bond acceptors (Lipinski definition) is 2. The van der Waals surface area contributed by atoms with Gasteiger partial charge in [0.25, 0.3) is 0 Å². The average Bonchev–Trinajstić information content (AvgIpc) is 2.91. The van der Waals surface area contributed by atoms with Gasteiger partial charge in [-0.1, -0.05) is 33.6 Å². The summed E-state index contributed by atoms with van der Waals surface area (Å²) in [4.78, 5) is 27.9. The Morgan fingerprint density at radius 3 is 2.15 bits per heavy atom. The smallest absolute Gasteiger partial charge is 0.249 e. The summed E-state index contributed by atoms with van der Waals surface area (Å²) in [5.74, 6) is 0.219. The predicted octanol–water partition coefficient (Wildman–Crippen LogP) is 2.61. The first-order valence-electron chi connectivity index (χ1n) is 8.13. The highest BCUT2D eigenvalue weighted by molar-refractivity contribution is 6.02. The van der Waals surface area contributed by atoms with Gasteiger partial charge in [0.05, 0.1) is 0 Å². The molecule has 2 fully saturated rings. The van der Waals surface area contributed by atoms with Crippen molar-refractivity contribution >= 4 is 11.8 Å². The third kappa shape index (κ3) is 1.95. The van der Waals surface area contributed by atoms with Gasteiger partial charge >= 0.3 is 0 Å². The van der Waals surface area contributed by atoms with E-state index >= 15 is 0 Å². The van der Waals surface area contributed by atoms with Gasteiger partial charge in [-0.15, -0.1) is 0 Å². The number of carbonyl (C=O) groups excluding carboxylic acids is 2. The first-order chi connectivity index (χ1) is 9.47. The molecule has 1 aliphatic heterocycles. The first-order valence-corrected chi connectivity index (χ1v) is 8.13. The number of nitrogens with one attached hydrogen (secondary N) is 1. The fourth-order valence-electron chi connectivity index (χ4n) is 3.96. The molecule has 1 saturated carbocycles. The zero-order valence-corrected chi connectivity index (χ0v) is 13.3. The molecule has 0 aromatic heterocycles. The van der Waals surface area contributed by atoms with E-state index in [1.807, 2.05) is 18.7 Å². The Bertz CT molecular complexity index is 395.